The summed E-state index contributed by atoms with van der Waals surface area (Å²) in [6.07, 6.45) is -5.64. The van der Waals surface area contributed by atoms with Crippen molar-refractivity contribution in [2.24, 2.45) is 0 Å². The minimum Gasteiger partial charge on any atom is -0.846 e. The quantitative estimate of drug-likeness (QED) is 0.127. The van der Waals surface area contributed by atoms with Gasteiger partial charge in [-0.15, -0.1) is 11.3 Å². The molecule has 2 aromatic heterocycles. The predicted octanol–water partition coefficient (Wildman–Crippen LogP) is -11.1. The summed E-state index contributed by atoms with van der Waals surface area (Å²) < 4.78 is 50.8. The van der Waals surface area contributed by atoms with E-state index in [4.69, 9.17) is 15.0 Å². The van der Waals surface area contributed by atoms with Crippen molar-refractivity contribution >= 4 is 34.8 Å². The molecule has 5 N–H and O–H groups in total. The summed E-state index contributed by atoms with van der Waals surface area (Å²) >= 11 is 1.24. The van der Waals surface area contributed by atoms with E-state index in [2.05, 4.69) is 18.1 Å². The van der Waals surface area contributed by atoms with Gasteiger partial charge in [0.25, 0.3) is 0 Å². The number of phosphoric acid groups is 3. The average Bonchev–Trinajstić information content (AvgIpc) is 3.28. The zero-order chi connectivity index (χ0) is 25.5. The second-order valence-corrected chi connectivity index (χ2v) is 11.8. The standard InChI is InChI=1S/C13H18N3O14P3S.3Na/c14-11-6(8-2-1-3-34-8)4-16(13(19)15-11)12-10(18)9(17)7(28-12)5-27-32(23,24)30-33(25,26)29-31(20,21)22;;;/h1-4,7,9-10,12,17-18H,5H2,(H,23,24)(H,25,26)(H2,14,15,19)(H2,20,21,22);;;/q;3*+1/p-3/t7-,9-,10+,12-;;;/m1.../s1. The Kier molecular flexibility index (Phi) is 15.9. The van der Waals surface area contributed by atoms with E-state index >= 15 is 0 Å². The Bertz CT molecular complexity index is 1250. The molecule has 190 valence electrons. The summed E-state index contributed by atoms with van der Waals surface area (Å²) in [6.45, 7) is -1.08. The Labute approximate surface area is 278 Å². The summed E-state index contributed by atoms with van der Waals surface area (Å²) in [4.78, 5) is 43.4. The molecule has 1 aliphatic rings. The molecule has 0 aromatic carbocycles. The Morgan fingerprint density at radius 2 is 1.73 bits per heavy atom. The van der Waals surface area contributed by atoms with Gasteiger partial charge in [0.2, 0.25) is 0 Å². The van der Waals surface area contributed by atoms with Gasteiger partial charge in [0.1, 0.15) is 18.3 Å². The number of hydrogen-bond donors (Lipinski definition) is 5. The van der Waals surface area contributed by atoms with E-state index in [1.54, 1.807) is 17.5 Å². The summed E-state index contributed by atoms with van der Waals surface area (Å²) in [7, 11) is -17.5. The molecule has 2 unspecified atom stereocenters. The van der Waals surface area contributed by atoms with Gasteiger partial charge in [-0.2, -0.15) is 4.31 Å². The van der Waals surface area contributed by atoms with Crippen LogP contribution >= 0.6 is 34.8 Å². The Balaban J connectivity index is 0.00000432. The topological polar surface area (TPSA) is 280 Å². The van der Waals surface area contributed by atoms with E-state index in [1.165, 1.54) is 11.3 Å². The second kappa shape index (κ2) is 15.2. The number of nitrogens with one attached hydrogen (secondary N) is 1. The van der Waals surface area contributed by atoms with Gasteiger partial charge in [-0.05, 0) is 11.4 Å². The molecule has 0 aliphatic carbocycles. The number of rotatable bonds is 9. The largest absolute Gasteiger partial charge is 1.00 e. The number of ether oxygens (including phenoxy) is 1. The predicted molar refractivity (Wildman–Crippen MR) is 102 cm³/mol. The number of nitrogens with zero attached hydrogens (tertiary/aromatic N) is 2. The number of thiophene rings is 1. The monoisotopic (exact) mass is 631 g/mol. The van der Waals surface area contributed by atoms with Crippen LogP contribution in [0.25, 0.3) is 10.4 Å². The summed E-state index contributed by atoms with van der Waals surface area (Å²) in [5.41, 5.74) is -0.146. The van der Waals surface area contributed by atoms with Crippen LogP contribution in [0.4, 0.5) is 0 Å². The van der Waals surface area contributed by atoms with Gasteiger partial charge in [-0.1, -0.05) is 6.07 Å². The first kappa shape index (κ1) is 38.7. The minimum atomic E-state index is -6.08. The SMILES string of the molecule is N=c1nc([O-])n([C@@H]2O[C@H](COP(=O)(O)OP(=O)(O)OP(=O)([O-])[O-])[C@@H](O)[C@@H]2O)cc1-c1cccs1.[Na+].[Na+].[Na+]. The van der Waals surface area contributed by atoms with Gasteiger partial charge in [0, 0.05) is 11.1 Å². The van der Waals surface area contributed by atoms with Crippen LogP contribution in [0.5, 0.6) is 6.01 Å². The van der Waals surface area contributed by atoms with Gasteiger partial charge in [-0.3, -0.25) is 14.2 Å². The molecule has 1 saturated heterocycles. The van der Waals surface area contributed by atoms with Crippen molar-refractivity contribution in [3.8, 4) is 16.5 Å². The van der Waals surface area contributed by atoms with Gasteiger partial charge >= 0.3 is 104 Å². The summed E-state index contributed by atoms with van der Waals surface area (Å²) in [6, 6.07) is 2.32. The number of phosphoric ester groups is 1. The molecular weight excluding hydrogens is 616 g/mol. The first-order valence-corrected chi connectivity index (χ1v) is 14.1. The van der Waals surface area contributed by atoms with Crippen molar-refractivity contribution < 1.29 is 155 Å². The number of hydrogen-bond acceptors (Lipinski definition) is 15. The summed E-state index contributed by atoms with van der Waals surface area (Å²) in [5.74, 6) is 0. The molecule has 0 radical (unpaired) electrons. The first-order valence-electron chi connectivity index (χ1n) is 8.74. The van der Waals surface area contributed by atoms with Crippen LogP contribution in [0, 0.1) is 5.41 Å². The molecule has 3 heterocycles. The molecule has 6 atom stereocenters. The van der Waals surface area contributed by atoms with Gasteiger partial charge in [0.15, 0.2) is 11.7 Å². The van der Waals surface area contributed by atoms with E-state index in [-0.39, 0.29) is 99.7 Å². The minimum absolute atomic E-state index is 0. The normalized spacial score (nSPS) is 24.6. The van der Waals surface area contributed by atoms with Crippen molar-refractivity contribution in [1.29, 1.82) is 5.41 Å². The van der Waals surface area contributed by atoms with E-state index < -0.39 is 60.6 Å². The molecular formula is C13H15N3Na3O14P3S. The summed E-state index contributed by atoms with van der Waals surface area (Å²) in [5, 5.41) is 42.4. The van der Waals surface area contributed by atoms with Crippen LogP contribution < -0.4 is 109 Å². The molecule has 0 amide bonds. The third kappa shape index (κ3) is 10.8. The van der Waals surface area contributed by atoms with E-state index in [1.807, 2.05) is 0 Å². The van der Waals surface area contributed by atoms with Crippen LogP contribution in [0.15, 0.2) is 23.7 Å². The Hall–Kier alpha value is 1.67. The van der Waals surface area contributed by atoms with Crippen LogP contribution in [0.2, 0.25) is 0 Å². The molecule has 3 rings (SSSR count). The maximum Gasteiger partial charge on any atom is 1.00 e. The first-order chi connectivity index (χ1) is 15.6. The molecule has 0 spiro atoms. The zero-order valence-electron chi connectivity index (χ0n) is 19.3. The van der Waals surface area contributed by atoms with Crippen LogP contribution in [0.3, 0.4) is 0 Å². The Morgan fingerprint density at radius 3 is 2.27 bits per heavy atom. The van der Waals surface area contributed by atoms with Crippen molar-refractivity contribution in [3.63, 3.8) is 0 Å². The number of aliphatic hydroxyl groups excluding tert-OH is 2. The van der Waals surface area contributed by atoms with Crippen LogP contribution in [-0.2, 0) is 31.6 Å². The maximum absolute atomic E-state index is 12.3. The third-order valence-corrected chi connectivity index (χ3v) is 8.82. The van der Waals surface area contributed by atoms with Crippen LogP contribution in [-0.4, -0.2) is 54.5 Å². The molecule has 2 aromatic rings. The fraction of sp³-hybridized carbons (Fsp3) is 0.385. The van der Waals surface area contributed by atoms with Gasteiger partial charge in [0.05, 0.1) is 26.0 Å². The van der Waals surface area contributed by atoms with Crippen molar-refractivity contribution in [3.05, 3.63) is 29.2 Å². The number of aliphatic hydroxyl groups is 2. The smallest absolute Gasteiger partial charge is 0.846 e. The fourth-order valence-electron chi connectivity index (χ4n) is 2.82. The average molecular weight is 631 g/mol. The van der Waals surface area contributed by atoms with Crippen molar-refractivity contribution in [2.45, 2.75) is 24.5 Å². The maximum atomic E-state index is 12.3. The van der Waals surface area contributed by atoms with Gasteiger partial charge in [-0.25, -0.2) is 14.1 Å². The zero-order valence-corrected chi connectivity index (χ0v) is 28.8. The van der Waals surface area contributed by atoms with Crippen molar-refractivity contribution in [1.82, 2.24) is 9.55 Å². The molecule has 37 heavy (non-hydrogen) atoms. The van der Waals surface area contributed by atoms with Crippen molar-refractivity contribution in [2.75, 3.05) is 6.61 Å². The van der Waals surface area contributed by atoms with Gasteiger partial charge < -0.3 is 48.8 Å². The van der Waals surface area contributed by atoms with E-state index in [9.17, 15) is 43.7 Å². The van der Waals surface area contributed by atoms with E-state index in [0.29, 0.717) is 4.88 Å². The van der Waals surface area contributed by atoms with E-state index in [0.717, 1.165) is 10.8 Å². The molecule has 17 nitrogen and oxygen atoms in total. The third-order valence-electron chi connectivity index (χ3n) is 4.16. The molecule has 0 saturated carbocycles. The Morgan fingerprint density at radius 1 is 1.11 bits per heavy atom. The molecule has 1 fully saturated rings. The fourth-order valence-corrected chi connectivity index (χ4v) is 6.53. The number of aromatic nitrogens is 2. The second-order valence-electron chi connectivity index (χ2n) is 6.56. The molecule has 24 heteroatoms. The van der Waals surface area contributed by atoms with Crippen LogP contribution in [0.1, 0.15) is 6.23 Å². The molecule has 1 aliphatic heterocycles. The molecule has 0 bridgehead atoms.